The van der Waals surface area contributed by atoms with E-state index < -0.39 is 5.82 Å². The molecule has 174 valence electrons. The Hall–Kier alpha value is -3.40. The van der Waals surface area contributed by atoms with Crippen LogP contribution in [0.2, 0.25) is 0 Å². The molecule has 1 aromatic heterocycles. The number of halogens is 1. The molecule has 4 N–H and O–H groups in total. The van der Waals surface area contributed by atoms with Gasteiger partial charge in [-0.2, -0.15) is 0 Å². The van der Waals surface area contributed by atoms with Crippen LogP contribution in [0.3, 0.4) is 0 Å². The van der Waals surface area contributed by atoms with Gasteiger partial charge in [0.2, 0.25) is 0 Å². The second kappa shape index (κ2) is 9.22. The van der Waals surface area contributed by atoms with Crippen LogP contribution in [0.25, 0.3) is 0 Å². The normalized spacial score (nSPS) is 18.8. The number of nitrogens with one attached hydrogen (secondary N) is 2. The molecule has 2 heterocycles. The Labute approximate surface area is 192 Å². The number of ether oxygens (including phenoxy) is 1. The number of nitrogen functional groups attached to an aromatic ring is 1. The average molecular weight is 453 g/mol. The molecule has 1 unspecified atom stereocenters. The van der Waals surface area contributed by atoms with Crippen LogP contribution in [0, 0.1) is 16.6 Å². The van der Waals surface area contributed by atoms with Crippen LogP contribution in [0.1, 0.15) is 31.0 Å². The third kappa shape index (κ3) is 5.00. The molecular weight excluding hydrogens is 423 g/mol. The van der Waals surface area contributed by atoms with E-state index in [1.807, 2.05) is 6.92 Å². The SMILES string of the molecule is CN=CC(C=N)N1CCN(c2cc(C(=N)c3cc(OC4(C)CC4)c(F)cc3N)ncn2)CC1. The number of aliphatic imine (C=N–C) groups is 1. The lowest BCUT2D eigenvalue weighted by Crippen LogP contribution is -2.51. The van der Waals surface area contributed by atoms with Gasteiger partial charge in [-0.05, 0) is 25.8 Å². The summed E-state index contributed by atoms with van der Waals surface area (Å²) in [7, 11) is 1.71. The highest BCUT2D eigenvalue weighted by Crippen LogP contribution is 2.41. The quantitative estimate of drug-likeness (QED) is 0.417. The van der Waals surface area contributed by atoms with Gasteiger partial charge in [-0.3, -0.25) is 15.3 Å². The van der Waals surface area contributed by atoms with E-state index in [-0.39, 0.29) is 28.8 Å². The fraction of sp³-hybridized carbons (Fsp3) is 0.435. The number of anilines is 2. The van der Waals surface area contributed by atoms with Crippen molar-refractivity contribution in [3.63, 3.8) is 0 Å². The summed E-state index contributed by atoms with van der Waals surface area (Å²) in [5, 5.41) is 16.3. The third-order valence-electron chi connectivity index (χ3n) is 6.13. The first-order chi connectivity index (χ1) is 15.8. The molecule has 33 heavy (non-hydrogen) atoms. The number of benzene rings is 1. The number of rotatable bonds is 8. The van der Waals surface area contributed by atoms with Crippen LogP contribution < -0.4 is 15.4 Å². The Kier molecular flexibility index (Phi) is 6.37. The third-order valence-corrected chi connectivity index (χ3v) is 6.13. The Morgan fingerprint density at radius 3 is 2.61 bits per heavy atom. The van der Waals surface area contributed by atoms with E-state index >= 15 is 0 Å². The van der Waals surface area contributed by atoms with Gasteiger partial charge in [0.05, 0.1) is 17.4 Å². The molecule has 2 aliphatic rings. The topological polar surface area (TPSA) is 128 Å². The lowest BCUT2D eigenvalue weighted by Gasteiger charge is -2.37. The first-order valence-corrected chi connectivity index (χ1v) is 10.9. The van der Waals surface area contributed by atoms with Crippen LogP contribution in [-0.2, 0) is 0 Å². The van der Waals surface area contributed by atoms with E-state index in [0.29, 0.717) is 17.1 Å². The van der Waals surface area contributed by atoms with Gasteiger partial charge < -0.3 is 20.8 Å². The molecule has 0 radical (unpaired) electrons. The molecule has 1 saturated heterocycles. The minimum atomic E-state index is -0.533. The molecule has 9 nitrogen and oxygen atoms in total. The van der Waals surface area contributed by atoms with Gasteiger partial charge in [-0.15, -0.1) is 0 Å². The Balaban J connectivity index is 1.51. The van der Waals surface area contributed by atoms with E-state index in [9.17, 15) is 4.39 Å². The first kappa shape index (κ1) is 22.8. The highest BCUT2D eigenvalue weighted by molar-refractivity contribution is 6.13. The number of hydrogen-bond donors (Lipinski definition) is 3. The van der Waals surface area contributed by atoms with Crippen LogP contribution >= 0.6 is 0 Å². The van der Waals surface area contributed by atoms with Gasteiger partial charge in [-0.1, -0.05) is 0 Å². The van der Waals surface area contributed by atoms with Crippen molar-refractivity contribution in [2.45, 2.75) is 31.4 Å². The van der Waals surface area contributed by atoms with Crippen molar-refractivity contribution < 1.29 is 9.13 Å². The molecule has 10 heteroatoms. The van der Waals surface area contributed by atoms with Gasteiger partial charge in [0.15, 0.2) is 11.6 Å². The monoisotopic (exact) mass is 452 g/mol. The van der Waals surface area contributed by atoms with E-state index in [1.165, 1.54) is 24.7 Å². The Morgan fingerprint density at radius 1 is 1.24 bits per heavy atom. The molecule has 0 bridgehead atoms. The fourth-order valence-corrected chi connectivity index (χ4v) is 3.85. The van der Waals surface area contributed by atoms with E-state index in [1.54, 1.807) is 19.3 Å². The van der Waals surface area contributed by atoms with E-state index in [4.69, 9.17) is 21.3 Å². The van der Waals surface area contributed by atoms with Crippen molar-refractivity contribution in [2.24, 2.45) is 4.99 Å². The Morgan fingerprint density at radius 2 is 1.97 bits per heavy atom. The van der Waals surface area contributed by atoms with Crippen LogP contribution in [0.15, 0.2) is 29.5 Å². The summed E-state index contributed by atoms with van der Waals surface area (Å²) < 4.78 is 20.2. The standard InChI is InChI=1S/C23H29FN8O/c1-23(3-4-23)33-20-9-16(18(26)10-17(20)24)22(27)19-11-21(30-14-29-19)32-7-5-31(6-8-32)15(12-25)13-28-2/h9-15,25,27H,3-8,26H2,1-2H3. The van der Waals surface area contributed by atoms with Gasteiger partial charge in [0, 0.05) is 69.0 Å². The summed E-state index contributed by atoms with van der Waals surface area (Å²) >= 11 is 0. The summed E-state index contributed by atoms with van der Waals surface area (Å²) in [6.45, 7) is 4.89. The van der Waals surface area contributed by atoms with Crippen molar-refractivity contribution in [1.82, 2.24) is 14.9 Å². The van der Waals surface area contributed by atoms with Gasteiger partial charge in [0.25, 0.3) is 0 Å². The summed E-state index contributed by atoms with van der Waals surface area (Å²) in [5.41, 5.74) is 6.72. The molecule has 2 fully saturated rings. The molecule has 4 rings (SSSR count). The van der Waals surface area contributed by atoms with Crippen LogP contribution in [0.4, 0.5) is 15.9 Å². The molecular formula is C23H29FN8O. The van der Waals surface area contributed by atoms with E-state index in [0.717, 1.165) is 39.0 Å². The number of aromatic nitrogens is 2. The maximum Gasteiger partial charge on any atom is 0.167 e. The molecule has 1 aliphatic heterocycles. The minimum absolute atomic E-state index is 0.0867. The predicted molar refractivity (Wildman–Crippen MR) is 128 cm³/mol. The zero-order chi connectivity index (χ0) is 23.6. The number of hydrogen-bond acceptors (Lipinski definition) is 9. The lowest BCUT2D eigenvalue weighted by atomic mass is 10.0. The maximum atomic E-state index is 14.4. The van der Waals surface area contributed by atoms with Crippen LogP contribution in [-0.4, -0.2) is 77.9 Å². The fourth-order valence-electron chi connectivity index (χ4n) is 3.85. The van der Waals surface area contributed by atoms with Gasteiger partial charge >= 0.3 is 0 Å². The number of piperazine rings is 1. The van der Waals surface area contributed by atoms with Gasteiger partial charge in [0.1, 0.15) is 17.7 Å². The lowest BCUT2D eigenvalue weighted by molar-refractivity contribution is 0.191. The van der Waals surface area contributed by atoms with Crippen molar-refractivity contribution in [3.05, 3.63) is 41.6 Å². The molecule has 1 atom stereocenters. The summed E-state index contributed by atoms with van der Waals surface area (Å²) in [6, 6.07) is 4.34. The van der Waals surface area contributed by atoms with Crippen molar-refractivity contribution in [3.8, 4) is 5.75 Å². The highest BCUT2D eigenvalue weighted by Gasteiger charge is 2.40. The predicted octanol–water partition coefficient (Wildman–Crippen LogP) is 2.39. The number of nitrogens with two attached hydrogens (primary N) is 1. The zero-order valence-electron chi connectivity index (χ0n) is 18.9. The molecule has 1 saturated carbocycles. The van der Waals surface area contributed by atoms with Gasteiger partial charge in [-0.25, -0.2) is 14.4 Å². The molecule has 0 amide bonds. The molecule has 1 aliphatic carbocycles. The molecule has 1 aromatic carbocycles. The largest absolute Gasteiger partial charge is 0.484 e. The molecule has 0 spiro atoms. The summed E-state index contributed by atoms with van der Waals surface area (Å²) in [6.07, 6.45) is 6.33. The maximum absolute atomic E-state index is 14.4. The van der Waals surface area contributed by atoms with Crippen molar-refractivity contribution in [2.75, 3.05) is 43.9 Å². The Bertz CT molecular complexity index is 1080. The highest BCUT2D eigenvalue weighted by atomic mass is 19.1. The smallest absolute Gasteiger partial charge is 0.167 e. The second-order valence-electron chi connectivity index (χ2n) is 8.65. The van der Waals surface area contributed by atoms with Crippen LogP contribution in [0.5, 0.6) is 5.75 Å². The summed E-state index contributed by atoms with van der Waals surface area (Å²) in [4.78, 5) is 17.0. The first-order valence-electron chi connectivity index (χ1n) is 10.9. The number of nitrogens with zero attached hydrogens (tertiary/aromatic N) is 5. The zero-order valence-corrected chi connectivity index (χ0v) is 18.9. The van der Waals surface area contributed by atoms with E-state index in [2.05, 4.69) is 24.8 Å². The average Bonchev–Trinajstić information content (AvgIpc) is 3.55. The van der Waals surface area contributed by atoms with Crippen molar-refractivity contribution in [1.29, 1.82) is 10.8 Å². The molecule has 2 aromatic rings. The van der Waals surface area contributed by atoms with Crippen molar-refractivity contribution >= 4 is 29.6 Å². The second-order valence-corrected chi connectivity index (χ2v) is 8.65. The summed E-state index contributed by atoms with van der Waals surface area (Å²) in [5.74, 6) is 0.281. The minimum Gasteiger partial charge on any atom is -0.484 e.